The van der Waals surface area contributed by atoms with Crippen LogP contribution in [0.25, 0.3) is 0 Å². The molecule has 74 valence electrons. The van der Waals surface area contributed by atoms with Crippen molar-refractivity contribution < 1.29 is 14.6 Å². The van der Waals surface area contributed by atoms with E-state index < -0.39 is 0 Å². The van der Waals surface area contributed by atoms with Gasteiger partial charge in [0.25, 0.3) is 0 Å². The summed E-state index contributed by atoms with van der Waals surface area (Å²) in [6.07, 6.45) is 0. The lowest BCUT2D eigenvalue weighted by Gasteiger charge is -2.19. The number of aliphatic hydroxyl groups excluding tert-OH is 1. The largest absolute Gasteiger partial charge is 0.497 e. The summed E-state index contributed by atoms with van der Waals surface area (Å²) < 4.78 is 10.4. The second kappa shape index (κ2) is 3.14. The molecule has 0 fully saturated rings. The maximum absolute atomic E-state index is 9.36. The molecule has 0 aromatic heterocycles. The Morgan fingerprint density at radius 3 is 2.93 bits per heavy atom. The van der Waals surface area contributed by atoms with E-state index in [4.69, 9.17) is 9.47 Å². The molecule has 4 heteroatoms. The van der Waals surface area contributed by atoms with Crippen molar-refractivity contribution in [3.63, 3.8) is 0 Å². The van der Waals surface area contributed by atoms with Crippen molar-refractivity contribution in [3.05, 3.63) is 29.8 Å². The maximum atomic E-state index is 9.36. The number of hydrogen-bond donors (Lipinski definition) is 2. The summed E-state index contributed by atoms with van der Waals surface area (Å²) in [5.74, 6) is 1.87. The van der Waals surface area contributed by atoms with E-state index >= 15 is 0 Å². The zero-order valence-electron chi connectivity index (χ0n) is 8.00. The highest BCUT2D eigenvalue weighted by Gasteiger charge is 2.15. The number of methoxy groups -OCH3 is 1. The van der Waals surface area contributed by atoms with Gasteiger partial charge in [-0.1, -0.05) is 0 Å². The fourth-order valence-corrected chi connectivity index (χ4v) is 1.25. The molecular weight excluding hydrogens is 182 g/mol. The molecule has 0 atom stereocenters. The lowest BCUT2D eigenvalue weighted by Crippen LogP contribution is -2.12. The summed E-state index contributed by atoms with van der Waals surface area (Å²) in [5, 5.41) is 12.2. The minimum Gasteiger partial charge on any atom is -0.497 e. The predicted molar refractivity (Wildman–Crippen MR) is 52.6 cm³/mol. The minimum atomic E-state index is 0.0441. The Kier molecular flexibility index (Phi) is 1.96. The van der Waals surface area contributed by atoms with E-state index in [0.717, 1.165) is 11.4 Å². The molecule has 0 radical (unpaired) electrons. The van der Waals surface area contributed by atoms with Crippen molar-refractivity contribution in [1.29, 1.82) is 0 Å². The topological polar surface area (TPSA) is 50.7 Å². The predicted octanol–water partition coefficient (Wildman–Crippen LogP) is 2.25. The molecule has 14 heavy (non-hydrogen) atoms. The van der Waals surface area contributed by atoms with Gasteiger partial charge in [0.15, 0.2) is 11.5 Å². The van der Waals surface area contributed by atoms with Crippen molar-refractivity contribution in [2.75, 3.05) is 12.4 Å². The average molecular weight is 193 g/mol. The van der Waals surface area contributed by atoms with Crippen molar-refractivity contribution >= 4 is 5.69 Å². The summed E-state index contributed by atoms with van der Waals surface area (Å²) in [6, 6.07) is 5.35. The molecule has 2 N–H and O–H groups in total. The lowest BCUT2D eigenvalue weighted by molar-refractivity contribution is 0.330. The first-order valence-electron chi connectivity index (χ1n) is 4.23. The molecule has 1 aromatic rings. The van der Waals surface area contributed by atoms with E-state index in [0.29, 0.717) is 11.5 Å². The van der Waals surface area contributed by atoms with Crippen molar-refractivity contribution in [2.45, 2.75) is 6.92 Å². The van der Waals surface area contributed by atoms with Crippen LogP contribution in [0, 0.1) is 0 Å². The Balaban J connectivity index is 2.39. The number of allylic oxidation sites excluding steroid dienone is 1. The standard InChI is InChI=1S/C10H11NO3/c1-6-10(12)11-8-4-3-7(13-2)5-9(8)14-6/h3-5,11-12H,1-2H3. The highest BCUT2D eigenvalue weighted by Crippen LogP contribution is 2.34. The molecule has 0 unspecified atom stereocenters. The number of rotatable bonds is 1. The molecular formula is C10H11NO3. The molecule has 0 bridgehead atoms. The van der Waals surface area contributed by atoms with Gasteiger partial charge in [-0.3, -0.25) is 0 Å². The Morgan fingerprint density at radius 2 is 2.21 bits per heavy atom. The Bertz CT molecular complexity index is 398. The number of aliphatic hydroxyl groups is 1. The van der Waals surface area contributed by atoms with Crippen LogP contribution in [-0.2, 0) is 0 Å². The highest BCUT2D eigenvalue weighted by atomic mass is 16.5. The SMILES string of the molecule is COc1ccc2c(c1)OC(C)=C(O)N2. The van der Waals surface area contributed by atoms with Gasteiger partial charge >= 0.3 is 0 Å². The van der Waals surface area contributed by atoms with E-state index in [1.807, 2.05) is 0 Å². The summed E-state index contributed by atoms with van der Waals surface area (Å²) in [6.45, 7) is 1.69. The van der Waals surface area contributed by atoms with Crippen LogP contribution in [0.4, 0.5) is 5.69 Å². The molecule has 0 aliphatic carbocycles. The number of ether oxygens (including phenoxy) is 2. The number of anilines is 1. The summed E-state index contributed by atoms with van der Waals surface area (Å²) >= 11 is 0. The fourth-order valence-electron chi connectivity index (χ4n) is 1.25. The van der Waals surface area contributed by atoms with Gasteiger partial charge in [-0.15, -0.1) is 0 Å². The minimum absolute atomic E-state index is 0.0441. The van der Waals surface area contributed by atoms with E-state index in [9.17, 15) is 5.11 Å². The molecule has 0 amide bonds. The van der Waals surface area contributed by atoms with E-state index in [-0.39, 0.29) is 5.88 Å². The van der Waals surface area contributed by atoms with E-state index in [1.54, 1.807) is 32.2 Å². The van der Waals surface area contributed by atoms with Crippen LogP contribution in [0.3, 0.4) is 0 Å². The van der Waals surface area contributed by atoms with Gasteiger partial charge in [0.1, 0.15) is 5.75 Å². The van der Waals surface area contributed by atoms with Gasteiger partial charge < -0.3 is 19.9 Å². The molecule has 1 aliphatic rings. The lowest BCUT2D eigenvalue weighted by atomic mass is 10.2. The van der Waals surface area contributed by atoms with Crippen molar-refractivity contribution in [3.8, 4) is 11.5 Å². The monoisotopic (exact) mass is 193 g/mol. The van der Waals surface area contributed by atoms with E-state index in [1.165, 1.54) is 0 Å². The van der Waals surface area contributed by atoms with Gasteiger partial charge in [-0.2, -0.15) is 0 Å². The molecule has 0 saturated heterocycles. The summed E-state index contributed by atoms with van der Waals surface area (Å²) in [4.78, 5) is 0. The Morgan fingerprint density at radius 1 is 1.43 bits per heavy atom. The van der Waals surface area contributed by atoms with Crippen molar-refractivity contribution in [1.82, 2.24) is 0 Å². The number of hydrogen-bond acceptors (Lipinski definition) is 4. The Labute approximate surface area is 81.8 Å². The highest BCUT2D eigenvalue weighted by molar-refractivity contribution is 5.63. The van der Waals surface area contributed by atoms with Crippen LogP contribution in [0.5, 0.6) is 11.5 Å². The van der Waals surface area contributed by atoms with Gasteiger partial charge in [0, 0.05) is 6.07 Å². The molecule has 4 nitrogen and oxygen atoms in total. The maximum Gasteiger partial charge on any atom is 0.228 e. The molecule has 2 rings (SSSR count). The molecule has 1 heterocycles. The fraction of sp³-hybridized carbons (Fsp3) is 0.200. The second-order valence-corrected chi connectivity index (χ2v) is 2.99. The molecule has 0 spiro atoms. The first-order chi connectivity index (χ1) is 6.70. The van der Waals surface area contributed by atoms with Crippen LogP contribution in [0.1, 0.15) is 6.92 Å². The second-order valence-electron chi connectivity index (χ2n) is 2.99. The zero-order valence-corrected chi connectivity index (χ0v) is 8.00. The molecule has 1 aliphatic heterocycles. The number of benzene rings is 1. The van der Waals surface area contributed by atoms with Crippen LogP contribution < -0.4 is 14.8 Å². The zero-order chi connectivity index (χ0) is 10.1. The van der Waals surface area contributed by atoms with Crippen molar-refractivity contribution in [2.24, 2.45) is 0 Å². The first kappa shape index (κ1) is 8.74. The van der Waals surface area contributed by atoms with Gasteiger partial charge in [0.05, 0.1) is 12.8 Å². The summed E-state index contributed by atoms with van der Waals surface area (Å²) in [7, 11) is 1.60. The number of nitrogens with one attached hydrogen (secondary N) is 1. The third-order valence-electron chi connectivity index (χ3n) is 2.04. The van der Waals surface area contributed by atoms with Crippen LogP contribution in [0.15, 0.2) is 29.8 Å². The Hall–Kier alpha value is -1.84. The third kappa shape index (κ3) is 1.35. The van der Waals surface area contributed by atoms with Crippen LogP contribution in [-0.4, -0.2) is 12.2 Å². The average Bonchev–Trinajstić information content (AvgIpc) is 2.19. The third-order valence-corrected chi connectivity index (χ3v) is 2.04. The van der Waals surface area contributed by atoms with Gasteiger partial charge in [-0.05, 0) is 19.1 Å². The first-order valence-corrected chi connectivity index (χ1v) is 4.23. The normalized spacial score (nSPS) is 14.1. The number of fused-ring (bicyclic) bond motifs is 1. The molecule has 1 aromatic carbocycles. The summed E-state index contributed by atoms with van der Waals surface area (Å²) in [5.41, 5.74) is 0.730. The van der Waals surface area contributed by atoms with Gasteiger partial charge in [0.2, 0.25) is 5.88 Å². The van der Waals surface area contributed by atoms with E-state index in [2.05, 4.69) is 5.32 Å². The molecule has 0 saturated carbocycles. The van der Waals surface area contributed by atoms with Crippen LogP contribution >= 0.6 is 0 Å². The smallest absolute Gasteiger partial charge is 0.228 e. The quantitative estimate of drug-likeness (QED) is 0.718. The van der Waals surface area contributed by atoms with Crippen LogP contribution in [0.2, 0.25) is 0 Å². The van der Waals surface area contributed by atoms with Gasteiger partial charge in [-0.25, -0.2) is 0 Å².